The summed E-state index contributed by atoms with van der Waals surface area (Å²) in [5.74, 6) is 0.275. The van der Waals surface area contributed by atoms with Crippen molar-refractivity contribution in [2.75, 3.05) is 53.4 Å². The SMILES string of the molecule is C=CCNC(=NCC(=O)N(C)C)N1CCN(S(=O)(=O)Cc2ccon2)CC1.I. The van der Waals surface area contributed by atoms with E-state index in [1.54, 1.807) is 26.2 Å². The van der Waals surface area contributed by atoms with Crippen molar-refractivity contribution in [3.05, 3.63) is 30.7 Å². The third kappa shape index (κ3) is 7.05. The first kappa shape index (κ1) is 24.4. The van der Waals surface area contributed by atoms with Gasteiger partial charge in [-0.2, -0.15) is 4.31 Å². The van der Waals surface area contributed by atoms with Gasteiger partial charge in [0.25, 0.3) is 0 Å². The van der Waals surface area contributed by atoms with E-state index >= 15 is 0 Å². The van der Waals surface area contributed by atoms with Crippen LogP contribution in [0.15, 0.2) is 34.5 Å². The first-order valence-electron chi connectivity index (χ1n) is 8.55. The minimum atomic E-state index is -3.46. The van der Waals surface area contributed by atoms with Crippen LogP contribution in [-0.2, 0) is 20.6 Å². The minimum absolute atomic E-state index is 0. The van der Waals surface area contributed by atoms with Gasteiger partial charge in [0.15, 0.2) is 5.96 Å². The molecule has 158 valence electrons. The zero-order chi connectivity index (χ0) is 19.9. The highest BCUT2D eigenvalue weighted by molar-refractivity contribution is 14.0. The van der Waals surface area contributed by atoms with Crippen LogP contribution in [0.4, 0.5) is 0 Å². The highest BCUT2D eigenvalue weighted by Gasteiger charge is 2.29. The molecule has 10 nitrogen and oxygen atoms in total. The quantitative estimate of drug-likeness (QED) is 0.230. The van der Waals surface area contributed by atoms with Crippen molar-refractivity contribution in [3.8, 4) is 0 Å². The number of piperazine rings is 1. The van der Waals surface area contributed by atoms with Gasteiger partial charge in [-0.25, -0.2) is 13.4 Å². The lowest BCUT2D eigenvalue weighted by Crippen LogP contribution is -2.54. The number of carbonyl (C=O) groups excluding carboxylic acids is 1. The first-order chi connectivity index (χ1) is 12.8. The summed E-state index contributed by atoms with van der Waals surface area (Å²) in [6.45, 7) is 5.79. The van der Waals surface area contributed by atoms with Gasteiger partial charge in [-0.1, -0.05) is 11.2 Å². The number of likely N-dealkylation sites (N-methyl/N-ethyl adjacent to an activating group) is 1. The standard InChI is InChI=1S/C16H26N6O4S.HI/c1-4-6-17-16(18-12-15(23)20(2)3)21-7-9-22(10-8-21)27(24,25)13-14-5-11-26-19-14;/h4-5,11H,1,6-10,12-13H2,2-3H3,(H,17,18);1H. The van der Waals surface area contributed by atoms with Gasteiger partial charge in [-0.05, 0) is 0 Å². The lowest BCUT2D eigenvalue weighted by atomic mass is 10.4. The van der Waals surface area contributed by atoms with Crippen molar-refractivity contribution < 1.29 is 17.7 Å². The fraction of sp³-hybridized carbons (Fsp3) is 0.562. The zero-order valence-corrected chi connectivity index (χ0v) is 19.2. The molecule has 1 aliphatic heterocycles. The Morgan fingerprint density at radius 2 is 2.07 bits per heavy atom. The third-order valence-electron chi connectivity index (χ3n) is 4.02. The minimum Gasteiger partial charge on any atom is -0.364 e. The van der Waals surface area contributed by atoms with E-state index in [2.05, 4.69) is 22.0 Å². The monoisotopic (exact) mass is 526 g/mol. The van der Waals surface area contributed by atoms with Crippen LogP contribution >= 0.6 is 24.0 Å². The molecule has 1 aromatic rings. The Morgan fingerprint density at radius 3 is 2.61 bits per heavy atom. The van der Waals surface area contributed by atoms with Crippen molar-refractivity contribution in [2.24, 2.45) is 4.99 Å². The van der Waals surface area contributed by atoms with Gasteiger partial charge in [-0.15, -0.1) is 30.6 Å². The molecule has 0 bridgehead atoms. The first-order valence-corrected chi connectivity index (χ1v) is 10.2. The van der Waals surface area contributed by atoms with E-state index in [0.717, 1.165) is 0 Å². The van der Waals surface area contributed by atoms with E-state index in [-0.39, 0.29) is 42.2 Å². The van der Waals surface area contributed by atoms with E-state index in [1.807, 2.05) is 4.90 Å². The van der Waals surface area contributed by atoms with Crippen LogP contribution < -0.4 is 5.32 Å². The summed E-state index contributed by atoms with van der Waals surface area (Å²) in [5.41, 5.74) is 0.384. The number of sulfonamides is 1. The molecule has 0 aromatic carbocycles. The van der Waals surface area contributed by atoms with Crippen LogP contribution in [0.3, 0.4) is 0 Å². The summed E-state index contributed by atoms with van der Waals surface area (Å²) in [6, 6.07) is 1.54. The number of hydrogen-bond acceptors (Lipinski definition) is 6. The molecule has 2 rings (SSSR count). The van der Waals surface area contributed by atoms with Crippen LogP contribution in [-0.4, -0.2) is 92.9 Å². The second-order valence-electron chi connectivity index (χ2n) is 6.23. The van der Waals surface area contributed by atoms with E-state index in [0.29, 0.717) is 44.4 Å². The number of nitrogens with one attached hydrogen (secondary N) is 1. The highest BCUT2D eigenvalue weighted by atomic mass is 127. The molecule has 0 spiro atoms. The normalized spacial score (nSPS) is 15.6. The molecule has 1 N–H and O–H groups in total. The molecular weight excluding hydrogens is 499 g/mol. The number of rotatable bonds is 7. The second kappa shape index (κ2) is 11.4. The number of hydrogen-bond donors (Lipinski definition) is 1. The van der Waals surface area contributed by atoms with Gasteiger partial charge >= 0.3 is 0 Å². The number of amides is 1. The maximum Gasteiger partial charge on any atom is 0.243 e. The molecule has 2 heterocycles. The number of guanidine groups is 1. The van der Waals surface area contributed by atoms with Crippen molar-refractivity contribution >= 4 is 45.9 Å². The number of nitrogens with zero attached hydrogens (tertiary/aromatic N) is 5. The molecule has 0 atom stereocenters. The van der Waals surface area contributed by atoms with Crippen LogP contribution in [0.1, 0.15) is 5.69 Å². The van der Waals surface area contributed by atoms with Gasteiger partial charge in [0.1, 0.15) is 18.6 Å². The third-order valence-corrected chi connectivity index (χ3v) is 5.83. The maximum atomic E-state index is 12.5. The second-order valence-corrected chi connectivity index (χ2v) is 8.20. The maximum absolute atomic E-state index is 12.5. The van der Waals surface area contributed by atoms with Gasteiger partial charge in [0.05, 0.1) is 5.69 Å². The topological polar surface area (TPSA) is 111 Å². The average molecular weight is 526 g/mol. The molecule has 1 aliphatic rings. The fourth-order valence-corrected chi connectivity index (χ4v) is 3.91. The summed E-state index contributed by atoms with van der Waals surface area (Å²) in [5, 5.41) is 6.78. The van der Waals surface area contributed by atoms with E-state index < -0.39 is 10.0 Å². The van der Waals surface area contributed by atoms with Crippen molar-refractivity contribution in [1.82, 2.24) is 24.6 Å². The van der Waals surface area contributed by atoms with E-state index in [4.69, 9.17) is 4.52 Å². The van der Waals surface area contributed by atoms with Crippen LogP contribution in [0.25, 0.3) is 0 Å². The van der Waals surface area contributed by atoms with Crippen LogP contribution in [0.2, 0.25) is 0 Å². The molecule has 28 heavy (non-hydrogen) atoms. The van der Waals surface area contributed by atoms with Gasteiger partial charge in [0, 0.05) is 52.9 Å². The van der Waals surface area contributed by atoms with E-state index in [9.17, 15) is 13.2 Å². The van der Waals surface area contributed by atoms with Crippen LogP contribution in [0.5, 0.6) is 0 Å². The van der Waals surface area contributed by atoms with Crippen molar-refractivity contribution in [1.29, 1.82) is 0 Å². The summed E-state index contributed by atoms with van der Waals surface area (Å²) in [7, 11) is -0.115. The average Bonchev–Trinajstić information content (AvgIpc) is 3.14. The van der Waals surface area contributed by atoms with Gasteiger partial charge < -0.3 is 19.6 Å². The molecule has 0 aliphatic carbocycles. The zero-order valence-electron chi connectivity index (χ0n) is 16.1. The Labute approximate surface area is 182 Å². The lowest BCUT2D eigenvalue weighted by Gasteiger charge is -2.35. The molecular formula is C16H27IN6O4S. The smallest absolute Gasteiger partial charge is 0.243 e. The molecule has 1 saturated heterocycles. The molecule has 0 unspecified atom stereocenters. The van der Waals surface area contributed by atoms with E-state index in [1.165, 1.54) is 15.5 Å². The number of aliphatic imine (C=N–C) groups is 1. The Balaban J connectivity index is 0.00000392. The van der Waals surface area contributed by atoms with Crippen molar-refractivity contribution in [2.45, 2.75) is 5.75 Å². The summed E-state index contributed by atoms with van der Waals surface area (Å²) >= 11 is 0. The Bertz CT molecular complexity index is 758. The Kier molecular flexibility index (Phi) is 9.89. The Hall–Kier alpha value is -1.67. The largest absolute Gasteiger partial charge is 0.364 e. The number of carbonyl (C=O) groups is 1. The van der Waals surface area contributed by atoms with Gasteiger partial charge in [0.2, 0.25) is 15.9 Å². The predicted octanol–water partition coefficient (Wildman–Crippen LogP) is -0.0402. The summed E-state index contributed by atoms with van der Waals surface area (Å²) < 4.78 is 31.1. The van der Waals surface area contributed by atoms with Crippen LogP contribution in [0, 0.1) is 0 Å². The fourth-order valence-electron chi connectivity index (χ4n) is 2.48. The molecule has 12 heteroatoms. The molecule has 1 amide bonds. The number of aromatic nitrogens is 1. The predicted molar refractivity (Wildman–Crippen MR) is 117 cm³/mol. The molecule has 0 radical (unpaired) electrons. The summed E-state index contributed by atoms with van der Waals surface area (Å²) in [4.78, 5) is 19.6. The Morgan fingerprint density at radius 1 is 1.39 bits per heavy atom. The van der Waals surface area contributed by atoms with Crippen molar-refractivity contribution in [3.63, 3.8) is 0 Å². The lowest BCUT2D eigenvalue weighted by molar-refractivity contribution is -0.127. The molecule has 1 aromatic heterocycles. The van der Waals surface area contributed by atoms with Gasteiger partial charge in [-0.3, -0.25) is 4.79 Å². The highest BCUT2D eigenvalue weighted by Crippen LogP contribution is 2.13. The molecule has 0 saturated carbocycles. The number of halogens is 1. The molecule has 1 fully saturated rings. The summed E-state index contributed by atoms with van der Waals surface area (Å²) in [6.07, 6.45) is 3.05.